The Bertz CT molecular complexity index is 201. The lowest BCUT2D eigenvalue weighted by atomic mass is 10.1. The van der Waals surface area contributed by atoms with E-state index < -0.39 is 0 Å². The maximum atomic E-state index is 11.7. The van der Waals surface area contributed by atoms with Gasteiger partial charge in [-0.3, -0.25) is 4.79 Å². The number of carbonyl (C=O) groups is 1. The van der Waals surface area contributed by atoms with Crippen LogP contribution in [0.4, 0.5) is 0 Å². The fourth-order valence-corrected chi connectivity index (χ4v) is 1.93. The molecule has 0 radical (unpaired) electrons. The molecule has 0 aromatic rings. The number of aliphatic hydroxyl groups excluding tert-OH is 1. The van der Waals surface area contributed by atoms with Crippen LogP contribution in [0.2, 0.25) is 0 Å². The summed E-state index contributed by atoms with van der Waals surface area (Å²) in [5.41, 5.74) is 0. The van der Waals surface area contributed by atoms with E-state index in [-0.39, 0.29) is 17.9 Å². The van der Waals surface area contributed by atoms with Crippen molar-refractivity contribution in [3.63, 3.8) is 0 Å². The van der Waals surface area contributed by atoms with Gasteiger partial charge in [-0.15, -0.1) is 0 Å². The summed E-state index contributed by atoms with van der Waals surface area (Å²) >= 11 is 0. The van der Waals surface area contributed by atoms with E-state index in [0.29, 0.717) is 26.3 Å². The molecule has 2 saturated heterocycles. The van der Waals surface area contributed by atoms with Gasteiger partial charge in [0.2, 0.25) is 5.91 Å². The van der Waals surface area contributed by atoms with Gasteiger partial charge in [-0.05, 0) is 12.8 Å². The van der Waals surface area contributed by atoms with Gasteiger partial charge in [-0.1, -0.05) is 0 Å². The Hall–Kier alpha value is -0.610. The van der Waals surface area contributed by atoms with Gasteiger partial charge in [0.15, 0.2) is 0 Å². The summed E-state index contributed by atoms with van der Waals surface area (Å²) < 4.78 is 5.15. The third-order valence-electron chi connectivity index (χ3n) is 2.75. The Morgan fingerprint density at radius 2 is 2.31 bits per heavy atom. The molecule has 1 amide bonds. The van der Waals surface area contributed by atoms with Gasteiger partial charge in [-0.25, -0.2) is 0 Å². The van der Waals surface area contributed by atoms with E-state index in [1.807, 2.05) is 0 Å². The summed E-state index contributed by atoms with van der Waals surface area (Å²) in [5.74, 6) is 0.208. The van der Waals surface area contributed by atoms with Crippen LogP contribution < -0.4 is 0 Å². The van der Waals surface area contributed by atoms with Crippen LogP contribution in [0.5, 0.6) is 0 Å². The van der Waals surface area contributed by atoms with Gasteiger partial charge >= 0.3 is 0 Å². The zero-order chi connectivity index (χ0) is 9.26. The van der Waals surface area contributed by atoms with E-state index in [9.17, 15) is 9.90 Å². The highest BCUT2D eigenvalue weighted by Crippen LogP contribution is 2.18. The summed E-state index contributed by atoms with van der Waals surface area (Å²) in [4.78, 5) is 13.5. The lowest BCUT2D eigenvalue weighted by Crippen LogP contribution is -2.35. The van der Waals surface area contributed by atoms with Crippen molar-refractivity contribution in [2.45, 2.75) is 18.9 Å². The minimum absolute atomic E-state index is 0.0466. The summed E-state index contributed by atoms with van der Waals surface area (Å²) in [6.45, 7) is 2.48. The molecule has 2 aliphatic heterocycles. The van der Waals surface area contributed by atoms with Crippen molar-refractivity contribution >= 4 is 5.91 Å². The van der Waals surface area contributed by atoms with Crippen LogP contribution in [0.15, 0.2) is 0 Å². The maximum Gasteiger partial charge on any atom is 0.228 e. The summed E-state index contributed by atoms with van der Waals surface area (Å²) in [6.07, 6.45) is 1.25. The topological polar surface area (TPSA) is 49.8 Å². The van der Waals surface area contributed by atoms with Crippen LogP contribution in [0.3, 0.4) is 0 Å². The van der Waals surface area contributed by atoms with E-state index in [4.69, 9.17) is 4.74 Å². The number of hydrogen-bond acceptors (Lipinski definition) is 3. The molecule has 0 spiro atoms. The van der Waals surface area contributed by atoms with Crippen molar-refractivity contribution in [2.24, 2.45) is 5.92 Å². The summed E-state index contributed by atoms with van der Waals surface area (Å²) in [7, 11) is 0. The van der Waals surface area contributed by atoms with Gasteiger partial charge in [0.05, 0.1) is 18.6 Å². The monoisotopic (exact) mass is 185 g/mol. The van der Waals surface area contributed by atoms with Crippen molar-refractivity contribution in [3.05, 3.63) is 0 Å². The molecule has 4 heteroatoms. The quantitative estimate of drug-likeness (QED) is 0.605. The van der Waals surface area contributed by atoms with Gasteiger partial charge in [0, 0.05) is 19.7 Å². The lowest BCUT2D eigenvalue weighted by Gasteiger charge is -2.18. The van der Waals surface area contributed by atoms with Gasteiger partial charge in [0.1, 0.15) is 0 Å². The van der Waals surface area contributed by atoms with Crippen LogP contribution in [0.25, 0.3) is 0 Å². The maximum absolute atomic E-state index is 11.7. The molecule has 1 N–H and O–H groups in total. The number of aliphatic hydroxyl groups is 1. The molecule has 13 heavy (non-hydrogen) atoms. The number of amides is 1. The van der Waals surface area contributed by atoms with E-state index >= 15 is 0 Å². The predicted molar refractivity (Wildman–Crippen MR) is 46.1 cm³/mol. The molecule has 2 aliphatic rings. The number of β-amino-alcohol motifs (C(OH)–C–C–N with tert-alkyl or cyclic N) is 1. The zero-order valence-corrected chi connectivity index (χ0v) is 7.61. The van der Waals surface area contributed by atoms with Crippen molar-refractivity contribution in [3.8, 4) is 0 Å². The average molecular weight is 185 g/mol. The average Bonchev–Trinajstić information content (AvgIpc) is 2.72. The molecule has 4 nitrogen and oxygen atoms in total. The van der Waals surface area contributed by atoms with E-state index in [1.165, 1.54) is 0 Å². The molecule has 0 saturated carbocycles. The first kappa shape index (κ1) is 8.97. The molecule has 2 rings (SSSR count). The fraction of sp³-hybridized carbons (Fsp3) is 0.889. The standard InChI is InChI=1S/C9H15NO3/c11-8-1-3-10(5-8)9(12)7-2-4-13-6-7/h7-8,11H,1-6H2. The van der Waals surface area contributed by atoms with Crippen LogP contribution in [0.1, 0.15) is 12.8 Å². The second-order valence-electron chi connectivity index (χ2n) is 3.79. The summed E-state index contributed by atoms with van der Waals surface area (Å²) in [5, 5.41) is 9.27. The van der Waals surface area contributed by atoms with Gasteiger partial charge in [0.25, 0.3) is 0 Å². The number of hydrogen-bond donors (Lipinski definition) is 1. The molecule has 2 heterocycles. The molecule has 0 aliphatic carbocycles. The molecule has 2 atom stereocenters. The van der Waals surface area contributed by atoms with Crippen LogP contribution >= 0.6 is 0 Å². The Kier molecular flexibility index (Phi) is 2.51. The second-order valence-corrected chi connectivity index (χ2v) is 3.79. The second kappa shape index (κ2) is 3.64. The molecule has 0 bridgehead atoms. The predicted octanol–water partition coefficient (Wildman–Crippen LogP) is -0.384. The highest BCUT2D eigenvalue weighted by Gasteiger charge is 2.31. The van der Waals surface area contributed by atoms with Crippen molar-refractivity contribution in [1.82, 2.24) is 4.90 Å². The van der Waals surface area contributed by atoms with Crippen molar-refractivity contribution in [1.29, 1.82) is 0 Å². The Morgan fingerprint density at radius 1 is 1.46 bits per heavy atom. The van der Waals surface area contributed by atoms with Gasteiger partial charge < -0.3 is 14.7 Å². The zero-order valence-electron chi connectivity index (χ0n) is 7.61. The molecule has 2 unspecified atom stereocenters. The first-order valence-electron chi connectivity index (χ1n) is 4.82. The van der Waals surface area contributed by atoms with Crippen LogP contribution in [-0.2, 0) is 9.53 Å². The number of ether oxygens (including phenoxy) is 1. The fourth-order valence-electron chi connectivity index (χ4n) is 1.93. The van der Waals surface area contributed by atoms with E-state index in [2.05, 4.69) is 0 Å². The SMILES string of the molecule is O=C(C1CCOC1)N1CCC(O)C1. The highest BCUT2D eigenvalue weighted by molar-refractivity contribution is 5.79. The minimum Gasteiger partial charge on any atom is -0.391 e. The Labute approximate surface area is 77.5 Å². The molecular weight excluding hydrogens is 170 g/mol. The largest absolute Gasteiger partial charge is 0.391 e. The van der Waals surface area contributed by atoms with Gasteiger partial charge in [-0.2, -0.15) is 0 Å². The minimum atomic E-state index is -0.314. The smallest absolute Gasteiger partial charge is 0.228 e. The highest BCUT2D eigenvalue weighted by atomic mass is 16.5. The number of carbonyl (C=O) groups excluding carboxylic acids is 1. The summed E-state index contributed by atoms with van der Waals surface area (Å²) in [6, 6.07) is 0. The molecular formula is C9H15NO3. The Morgan fingerprint density at radius 3 is 2.85 bits per heavy atom. The molecule has 0 aromatic heterocycles. The normalized spacial score (nSPS) is 34.1. The molecule has 2 fully saturated rings. The number of likely N-dealkylation sites (tertiary alicyclic amines) is 1. The van der Waals surface area contributed by atoms with Crippen molar-refractivity contribution in [2.75, 3.05) is 26.3 Å². The first-order chi connectivity index (χ1) is 6.27. The first-order valence-corrected chi connectivity index (χ1v) is 4.82. The molecule has 74 valence electrons. The van der Waals surface area contributed by atoms with Crippen molar-refractivity contribution < 1.29 is 14.6 Å². The number of nitrogens with zero attached hydrogens (tertiary/aromatic N) is 1. The van der Waals surface area contributed by atoms with Crippen LogP contribution in [0, 0.1) is 5.92 Å². The van der Waals surface area contributed by atoms with E-state index in [1.54, 1.807) is 4.90 Å². The van der Waals surface area contributed by atoms with E-state index in [0.717, 1.165) is 12.8 Å². The third-order valence-corrected chi connectivity index (χ3v) is 2.75. The molecule has 0 aromatic carbocycles. The third kappa shape index (κ3) is 1.84. The lowest BCUT2D eigenvalue weighted by molar-refractivity contribution is -0.134. The Balaban J connectivity index is 1.89. The van der Waals surface area contributed by atoms with Crippen LogP contribution in [-0.4, -0.2) is 48.3 Å². The number of rotatable bonds is 1.